The molecule has 3 aliphatic heterocycles. The highest BCUT2D eigenvalue weighted by atomic mass is 19.1. The number of piperidine rings is 1. The number of benzene rings is 2. The molecule has 0 radical (unpaired) electrons. The lowest BCUT2D eigenvalue weighted by Gasteiger charge is -2.33. The predicted molar refractivity (Wildman–Crippen MR) is 92.1 cm³/mol. The van der Waals surface area contributed by atoms with E-state index in [2.05, 4.69) is 15.9 Å². The molecule has 24 heavy (non-hydrogen) atoms. The Kier molecular flexibility index (Phi) is 3.04. The lowest BCUT2D eigenvalue weighted by molar-refractivity contribution is 0.104. The lowest BCUT2D eigenvalue weighted by Crippen LogP contribution is -2.37. The van der Waals surface area contributed by atoms with Gasteiger partial charge in [0.25, 0.3) is 0 Å². The summed E-state index contributed by atoms with van der Waals surface area (Å²) >= 11 is 0. The van der Waals surface area contributed by atoms with Crippen molar-refractivity contribution in [3.63, 3.8) is 0 Å². The minimum atomic E-state index is -0.420. The SMILES string of the molecule is O=C1c2cc(N3CCN4CCC3CC4)ccc2-c2cccc(F)c21. The molecule has 4 aliphatic rings. The fourth-order valence-corrected chi connectivity index (χ4v) is 4.47. The molecule has 0 saturated carbocycles. The number of anilines is 1. The Morgan fingerprint density at radius 2 is 1.75 bits per heavy atom. The number of carbonyl (C=O) groups is 1. The van der Waals surface area contributed by atoms with Crippen molar-refractivity contribution in [3.8, 4) is 11.1 Å². The van der Waals surface area contributed by atoms with E-state index in [4.69, 9.17) is 0 Å². The first-order valence-electron chi connectivity index (χ1n) is 8.69. The van der Waals surface area contributed by atoms with Crippen LogP contribution in [0.3, 0.4) is 0 Å². The van der Waals surface area contributed by atoms with Crippen molar-refractivity contribution in [2.45, 2.75) is 18.9 Å². The Hall–Kier alpha value is -2.20. The first kappa shape index (κ1) is 14.2. The third kappa shape index (κ3) is 1.96. The molecule has 2 aromatic rings. The third-order valence-electron chi connectivity index (χ3n) is 5.77. The summed E-state index contributed by atoms with van der Waals surface area (Å²) in [4.78, 5) is 17.7. The molecular formula is C20H19FN2O. The third-order valence-corrected chi connectivity index (χ3v) is 5.77. The van der Waals surface area contributed by atoms with Crippen LogP contribution in [0.1, 0.15) is 28.8 Å². The highest BCUT2D eigenvalue weighted by Crippen LogP contribution is 2.40. The van der Waals surface area contributed by atoms with E-state index < -0.39 is 5.82 Å². The van der Waals surface area contributed by atoms with Crippen LogP contribution in [0.15, 0.2) is 36.4 Å². The monoisotopic (exact) mass is 322 g/mol. The molecule has 0 aromatic heterocycles. The average Bonchev–Trinajstić information content (AvgIpc) is 2.78. The van der Waals surface area contributed by atoms with E-state index in [1.165, 1.54) is 32.0 Å². The van der Waals surface area contributed by atoms with Gasteiger partial charge >= 0.3 is 0 Å². The van der Waals surface area contributed by atoms with Crippen molar-refractivity contribution in [2.24, 2.45) is 0 Å². The van der Waals surface area contributed by atoms with Gasteiger partial charge in [-0.15, -0.1) is 0 Å². The van der Waals surface area contributed by atoms with Crippen molar-refractivity contribution >= 4 is 11.5 Å². The minimum Gasteiger partial charge on any atom is -0.367 e. The summed E-state index contributed by atoms with van der Waals surface area (Å²) < 4.78 is 14.1. The fourth-order valence-electron chi connectivity index (χ4n) is 4.47. The van der Waals surface area contributed by atoms with Gasteiger partial charge in [0.05, 0.1) is 5.56 Å². The number of halogens is 1. The van der Waals surface area contributed by atoms with Crippen molar-refractivity contribution < 1.29 is 9.18 Å². The van der Waals surface area contributed by atoms with Gasteiger partial charge in [-0.25, -0.2) is 4.39 Å². The second kappa shape index (κ2) is 5.15. The first-order chi connectivity index (χ1) is 11.7. The van der Waals surface area contributed by atoms with Gasteiger partial charge in [-0.1, -0.05) is 18.2 Å². The summed E-state index contributed by atoms with van der Waals surface area (Å²) in [5.41, 5.74) is 3.56. The Bertz CT molecular complexity index is 840. The highest BCUT2D eigenvalue weighted by molar-refractivity contribution is 6.22. The molecule has 0 atom stereocenters. The molecule has 0 unspecified atom stereocenters. The Balaban J connectivity index is 1.57. The maximum Gasteiger partial charge on any atom is 0.197 e. The van der Waals surface area contributed by atoms with Crippen LogP contribution < -0.4 is 4.90 Å². The smallest absolute Gasteiger partial charge is 0.197 e. The number of ketones is 1. The topological polar surface area (TPSA) is 23.6 Å². The van der Waals surface area contributed by atoms with Crippen LogP contribution in [0.5, 0.6) is 0 Å². The summed E-state index contributed by atoms with van der Waals surface area (Å²) in [6.07, 6.45) is 2.36. The molecule has 2 aromatic carbocycles. The van der Waals surface area contributed by atoms with Crippen molar-refractivity contribution in [1.82, 2.24) is 4.90 Å². The molecule has 0 amide bonds. The van der Waals surface area contributed by atoms with Crippen LogP contribution >= 0.6 is 0 Å². The quantitative estimate of drug-likeness (QED) is 0.687. The second-order valence-electron chi connectivity index (χ2n) is 6.99. The molecule has 3 nitrogen and oxygen atoms in total. The summed E-state index contributed by atoms with van der Waals surface area (Å²) in [6.45, 7) is 4.42. The number of hydrogen-bond acceptors (Lipinski definition) is 3. The van der Waals surface area contributed by atoms with E-state index in [0.717, 1.165) is 29.9 Å². The van der Waals surface area contributed by atoms with Gasteiger partial charge < -0.3 is 9.80 Å². The molecule has 2 bridgehead atoms. The van der Waals surface area contributed by atoms with Crippen LogP contribution in [0, 0.1) is 5.82 Å². The zero-order valence-electron chi connectivity index (χ0n) is 13.5. The van der Waals surface area contributed by atoms with E-state index >= 15 is 0 Å². The highest BCUT2D eigenvalue weighted by Gasteiger charge is 2.32. The number of nitrogens with zero attached hydrogens (tertiary/aromatic N) is 2. The first-order valence-corrected chi connectivity index (χ1v) is 8.69. The van der Waals surface area contributed by atoms with Crippen molar-refractivity contribution in [1.29, 1.82) is 0 Å². The second-order valence-corrected chi connectivity index (χ2v) is 6.99. The largest absolute Gasteiger partial charge is 0.367 e. The summed E-state index contributed by atoms with van der Waals surface area (Å²) in [6, 6.07) is 11.5. The van der Waals surface area contributed by atoms with Crippen LogP contribution in [-0.2, 0) is 0 Å². The molecule has 4 heteroatoms. The van der Waals surface area contributed by atoms with Crippen LogP contribution in [0.2, 0.25) is 0 Å². The predicted octanol–water partition coefficient (Wildman–Crippen LogP) is 3.32. The van der Waals surface area contributed by atoms with Crippen LogP contribution in [0.4, 0.5) is 10.1 Å². The zero-order valence-corrected chi connectivity index (χ0v) is 13.5. The van der Waals surface area contributed by atoms with E-state index in [1.54, 1.807) is 6.07 Å². The molecule has 6 rings (SSSR count). The summed E-state index contributed by atoms with van der Waals surface area (Å²) in [5.74, 6) is -0.598. The maximum absolute atomic E-state index is 14.1. The van der Waals surface area contributed by atoms with Crippen molar-refractivity contribution in [2.75, 3.05) is 31.1 Å². The van der Waals surface area contributed by atoms with E-state index in [1.807, 2.05) is 18.2 Å². The number of fused-ring (bicyclic) bond motifs is 7. The normalized spacial score (nSPS) is 24.7. The minimum absolute atomic E-state index is 0.178. The summed E-state index contributed by atoms with van der Waals surface area (Å²) in [5, 5.41) is 0. The molecular weight excluding hydrogens is 303 g/mol. The van der Waals surface area contributed by atoms with E-state index in [-0.39, 0.29) is 11.3 Å². The van der Waals surface area contributed by atoms with E-state index in [0.29, 0.717) is 11.6 Å². The lowest BCUT2D eigenvalue weighted by atomic mass is 10.0. The zero-order chi connectivity index (χ0) is 16.3. The molecule has 122 valence electrons. The molecule has 3 saturated heterocycles. The Morgan fingerprint density at radius 1 is 0.917 bits per heavy atom. The number of rotatable bonds is 1. The standard InChI is InChI=1S/C20H19FN2O/c21-18-3-1-2-16-15-5-4-14(12-17(15)20(24)19(16)18)23-11-10-22-8-6-13(23)7-9-22/h1-5,12-13H,6-11H2. The molecule has 1 aliphatic carbocycles. The van der Waals surface area contributed by atoms with Gasteiger partial charge in [0.1, 0.15) is 5.82 Å². The average molecular weight is 322 g/mol. The van der Waals surface area contributed by atoms with Crippen LogP contribution in [0.25, 0.3) is 11.1 Å². The van der Waals surface area contributed by atoms with Gasteiger partial charge in [-0.3, -0.25) is 4.79 Å². The Labute approximate surface area is 140 Å². The number of hydrogen-bond donors (Lipinski definition) is 0. The van der Waals surface area contributed by atoms with Gasteiger partial charge in [0.15, 0.2) is 5.78 Å². The van der Waals surface area contributed by atoms with Crippen LogP contribution in [-0.4, -0.2) is 42.9 Å². The van der Waals surface area contributed by atoms with Gasteiger partial charge in [-0.2, -0.15) is 0 Å². The molecule has 3 heterocycles. The molecule has 3 fully saturated rings. The van der Waals surface area contributed by atoms with Gasteiger partial charge in [-0.05, 0) is 42.2 Å². The molecule has 0 N–H and O–H groups in total. The van der Waals surface area contributed by atoms with E-state index in [9.17, 15) is 9.18 Å². The molecule has 0 spiro atoms. The van der Waals surface area contributed by atoms with Gasteiger partial charge in [0.2, 0.25) is 0 Å². The number of carbonyl (C=O) groups excluding carboxylic acids is 1. The Morgan fingerprint density at radius 3 is 2.58 bits per heavy atom. The fraction of sp³-hybridized carbons (Fsp3) is 0.350. The van der Waals surface area contributed by atoms with Crippen molar-refractivity contribution in [3.05, 3.63) is 53.3 Å². The van der Waals surface area contributed by atoms with Gasteiger partial charge in [0, 0.05) is 43.5 Å². The summed E-state index contributed by atoms with van der Waals surface area (Å²) in [7, 11) is 0. The maximum atomic E-state index is 14.1.